The molecule has 2 heterocycles. The largest absolute Gasteiger partial charge is 0.494 e. The first-order valence-electron chi connectivity index (χ1n) is 9.36. The number of amides is 1. The molecule has 27 heavy (non-hydrogen) atoms. The van der Waals surface area contributed by atoms with Gasteiger partial charge in [-0.3, -0.25) is 4.79 Å². The van der Waals surface area contributed by atoms with Crippen LogP contribution >= 0.6 is 0 Å². The van der Waals surface area contributed by atoms with E-state index in [2.05, 4.69) is 15.5 Å². The molecule has 0 N–H and O–H groups in total. The lowest BCUT2D eigenvalue weighted by Crippen LogP contribution is -2.49. The molecule has 6 nitrogen and oxygen atoms in total. The summed E-state index contributed by atoms with van der Waals surface area (Å²) in [5.74, 6) is 1.83. The van der Waals surface area contributed by atoms with Crippen molar-refractivity contribution in [2.45, 2.75) is 6.92 Å². The summed E-state index contributed by atoms with van der Waals surface area (Å²) in [6.45, 7) is 5.50. The van der Waals surface area contributed by atoms with Crippen LogP contribution in [0.5, 0.6) is 5.75 Å². The Labute approximate surface area is 159 Å². The maximum Gasteiger partial charge on any atom is 0.253 e. The molecule has 1 aliphatic heterocycles. The standard InChI is InChI=1S/C21H24N4O2/c1-3-27-17-10-8-16(9-11-17)20(26)24-12-14-25(15-13-24)21-22-18-6-4-5-7-19(18)23(21)2/h4-11H,3,12-15H2,1-2H3. The van der Waals surface area contributed by atoms with Crippen LogP contribution in [-0.2, 0) is 7.05 Å². The summed E-state index contributed by atoms with van der Waals surface area (Å²) in [7, 11) is 2.04. The minimum Gasteiger partial charge on any atom is -0.494 e. The van der Waals surface area contributed by atoms with Gasteiger partial charge < -0.3 is 19.1 Å². The third kappa shape index (κ3) is 3.35. The summed E-state index contributed by atoms with van der Waals surface area (Å²) in [5, 5.41) is 0. The fourth-order valence-electron chi connectivity index (χ4n) is 3.57. The molecule has 1 amide bonds. The van der Waals surface area contributed by atoms with Crippen LogP contribution < -0.4 is 9.64 Å². The van der Waals surface area contributed by atoms with Gasteiger partial charge in [-0.25, -0.2) is 4.98 Å². The minimum atomic E-state index is 0.0719. The third-order valence-corrected chi connectivity index (χ3v) is 5.03. The summed E-state index contributed by atoms with van der Waals surface area (Å²) in [4.78, 5) is 21.7. The van der Waals surface area contributed by atoms with E-state index in [0.29, 0.717) is 25.3 Å². The van der Waals surface area contributed by atoms with Crippen LogP contribution in [0.15, 0.2) is 48.5 Å². The average molecular weight is 364 g/mol. The second-order valence-corrected chi connectivity index (χ2v) is 6.70. The first kappa shape index (κ1) is 17.4. The number of nitrogens with zero attached hydrogens (tertiary/aromatic N) is 4. The first-order chi connectivity index (χ1) is 13.2. The zero-order valence-electron chi connectivity index (χ0n) is 15.8. The fraction of sp³-hybridized carbons (Fsp3) is 0.333. The molecule has 1 fully saturated rings. The van der Waals surface area contributed by atoms with E-state index in [1.54, 1.807) is 0 Å². The SMILES string of the molecule is CCOc1ccc(C(=O)N2CCN(c3nc4ccccc4n3C)CC2)cc1. The van der Waals surface area contributed by atoms with Crippen LogP contribution in [0.3, 0.4) is 0 Å². The molecule has 0 bridgehead atoms. The monoisotopic (exact) mass is 364 g/mol. The van der Waals surface area contributed by atoms with E-state index in [-0.39, 0.29) is 5.91 Å². The van der Waals surface area contributed by atoms with Crippen molar-refractivity contribution in [2.75, 3.05) is 37.7 Å². The number of piperazine rings is 1. The zero-order chi connectivity index (χ0) is 18.8. The molecule has 3 aromatic rings. The number of hydrogen-bond acceptors (Lipinski definition) is 4. The third-order valence-electron chi connectivity index (χ3n) is 5.03. The number of aromatic nitrogens is 2. The van der Waals surface area contributed by atoms with Gasteiger partial charge >= 0.3 is 0 Å². The van der Waals surface area contributed by atoms with E-state index in [1.165, 1.54) is 0 Å². The molecule has 1 aliphatic rings. The number of rotatable bonds is 4. The lowest BCUT2D eigenvalue weighted by atomic mass is 10.1. The van der Waals surface area contributed by atoms with Crippen molar-refractivity contribution in [2.24, 2.45) is 7.05 Å². The molecule has 0 spiro atoms. The molecule has 0 saturated carbocycles. The lowest BCUT2D eigenvalue weighted by molar-refractivity contribution is 0.0746. The molecule has 0 aliphatic carbocycles. The van der Waals surface area contributed by atoms with E-state index in [0.717, 1.165) is 35.8 Å². The Hall–Kier alpha value is -3.02. The highest BCUT2D eigenvalue weighted by Gasteiger charge is 2.24. The molecule has 0 atom stereocenters. The van der Waals surface area contributed by atoms with E-state index in [9.17, 15) is 4.79 Å². The Morgan fingerprint density at radius 2 is 1.74 bits per heavy atom. The predicted molar refractivity (Wildman–Crippen MR) is 106 cm³/mol. The van der Waals surface area contributed by atoms with Crippen LogP contribution in [0.25, 0.3) is 11.0 Å². The van der Waals surface area contributed by atoms with E-state index in [1.807, 2.05) is 61.3 Å². The number of imidazole rings is 1. The summed E-state index contributed by atoms with van der Waals surface area (Å²) >= 11 is 0. The molecule has 0 radical (unpaired) electrons. The number of aryl methyl sites for hydroxylation is 1. The maximum absolute atomic E-state index is 12.8. The molecule has 6 heteroatoms. The molecular formula is C21H24N4O2. The predicted octanol–water partition coefficient (Wildman–Crippen LogP) is 2.93. The van der Waals surface area contributed by atoms with Crippen molar-refractivity contribution in [1.29, 1.82) is 0 Å². The van der Waals surface area contributed by atoms with Crippen LogP contribution in [0.4, 0.5) is 5.95 Å². The van der Waals surface area contributed by atoms with Gasteiger partial charge in [0.05, 0.1) is 17.6 Å². The van der Waals surface area contributed by atoms with Gasteiger partial charge in [-0.15, -0.1) is 0 Å². The molecule has 140 valence electrons. The summed E-state index contributed by atoms with van der Waals surface area (Å²) in [6, 6.07) is 15.5. The molecule has 0 unspecified atom stereocenters. The molecule has 1 aromatic heterocycles. The van der Waals surface area contributed by atoms with Crippen LogP contribution in [0.2, 0.25) is 0 Å². The van der Waals surface area contributed by atoms with Gasteiger partial charge in [0.1, 0.15) is 5.75 Å². The minimum absolute atomic E-state index is 0.0719. The molecular weight excluding hydrogens is 340 g/mol. The Kier molecular flexibility index (Phi) is 4.71. The normalized spacial score (nSPS) is 14.6. The highest BCUT2D eigenvalue weighted by atomic mass is 16.5. The summed E-state index contributed by atoms with van der Waals surface area (Å²) < 4.78 is 7.57. The number of benzene rings is 2. The van der Waals surface area contributed by atoms with Crippen LogP contribution in [0, 0.1) is 0 Å². The van der Waals surface area contributed by atoms with Crippen molar-refractivity contribution >= 4 is 22.9 Å². The quantitative estimate of drug-likeness (QED) is 0.714. The van der Waals surface area contributed by atoms with Crippen molar-refractivity contribution in [1.82, 2.24) is 14.5 Å². The van der Waals surface area contributed by atoms with E-state index >= 15 is 0 Å². The highest BCUT2D eigenvalue weighted by molar-refractivity contribution is 5.94. The van der Waals surface area contributed by atoms with E-state index < -0.39 is 0 Å². The topological polar surface area (TPSA) is 50.6 Å². The molecule has 4 rings (SSSR count). The van der Waals surface area contributed by atoms with Crippen molar-refractivity contribution < 1.29 is 9.53 Å². The number of anilines is 1. The first-order valence-corrected chi connectivity index (χ1v) is 9.36. The van der Waals surface area contributed by atoms with Gasteiger partial charge in [-0.2, -0.15) is 0 Å². The Balaban J connectivity index is 1.43. The zero-order valence-corrected chi connectivity index (χ0v) is 15.8. The molecule has 2 aromatic carbocycles. The van der Waals surface area contributed by atoms with Gasteiger partial charge in [-0.05, 0) is 43.3 Å². The Bertz CT molecular complexity index is 940. The highest BCUT2D eigenvalue weighted by Crippen LogP contribution is 2.22. The lowest BCUT2D eigenvalue weighted by Gasteiger charge is -2.35. The van der Waals surface area contributed by atoms with Gasteiger partial charge in [0.15, 0.2) is 0 Å². The number of hydrogen-bond donors (Lipinski definition) is 0. The average Bonchev–Trinajstić information content (AvgIpc) is 3.05. The van der Waals surface area contributed by atoms with Crippen molar-refractivity contribution in [3.05, 3.63) is 54.1 Å². The number of carbonyl (C=O) groups is 1. The van der Waals surface area contributed by atoms with Crippen LogP contribution in [-0.4, -0.2) is 53.1 Å². The van der Waals surface area contributed by atoms with Gasteiger partial charge in [0, 0.05) is 38.8 Å². The van der Waals surface area contributed by atoms with Gasteiger partial charge in [0.2, 0.25) is 5.95 Å². The summed E-state index contributed by atoms with van der Waals surface area (Å²) in [6.07, 6.45) is 0. The second kappa shape index (κ2) is 7.31. The van der Waals surface area contributed by atoms with E-state index in [4.69, 9.17) is 9.72 Å². The number of carbonyl (C=O) groups excluding carboxylic acids is 1. The van der Waals surface area contributed by atoms with Crippen molar-refractivity contribution in [3.8, 4) is 5.75 Å². The Morgan fingerprint density at radius 1 is 1.04 bits per heavy atom. The number of para-hydroxylation sites is 2. The van der Waals surface area contributed by atoms with Gasteiger partial charge in [-0.1, -0.05) is 12.1 Å². The second-order valence-electron chi connectivity index (χ2n) is 6.70. The fourth-order valence-corrected chi connectivity index (χ4v) is 3.57. The van der Waals surface area contributed by atoms with Crippen LogP contribution in [0.1, 0.15) is 17.3 Å². The Morgan fingerprint density at radius 3 is 2.41 bits per heavy atom. The van der Waals surface area contributed by atoms with Crippen molar-refractivity contribution in [3.63, 3.8) is 0 Å². The molecule has 1 saturated heterocycles. The maximum atomic E-state index is 12.8. The van der Waals surface area contributed by atoms with Gasteiger partial charge in [0.25, 0.3) is 5.91 Å². The number of fused-ring (bicyclic) bond motifs is 1. The smallest absolute Gasteiger partial charge is 0.253 e. The number of ether oxygens (including phenoxy) is 1. The summed E-state index contributed by atoms with van der Waals surface area (Å²) in [5.41, 5.74) is 2.83.